The third kappa shape index (κ3) is 8.00. The standard InChI is InChI=1S/C9H12N2O.2C2H6/c10-8(9(11)12)6-7-4-2-1-3-5-7;2*1-2/h1-5,8H,6,10H2,(H2,11,12);2*1-2H3. The van der Waals surface area contributed by atoms with Crippen molar-refractivity contribution in [2.24, 2.45) is 11.5 Å². The topological polar surface area (TPSA) is 69.1 Å². The van der Waals surface area contributed by atoms with E-state index in [-0.39, 0.29) is 0 Å². The summed E-state index contributed by atoms with van der Waals surface area (Å²) in [4.78, 5) is 10.6. The van der Waals surface area contributed by atoms with E-state index >= 15 is 0 Å². The first-order valence-electron chi connectivity index (χ1n) is 5.79. The van der Waals surface area contributed by atoms with Gasteiger partial charge in [0.1, 0.15) is 0 Å². The molecule has 0 aliphatic heterocycles. The number of benzene rings is 1. The number of hydrogen-bond donors (Lipinski definition) is 2. The van der Waals surface area contributed by atoms with E-state index in [1.54, 1.807) is 0 Å². The van der Waals surface area contributed by atoms with Crippen LogP contribution in [0.1, 0.15) is 33.3 Å². The number of carbonyl (C=O) groups is 1. The molecule has 16 heavy (non-hydrogen) atoms. The molecular formula is C13H24N2O. The van der Waals surface area contributed by atoms with E-state index < -0.39 is 11.9 Å². The van der Waals surface area contributed by atoms with Crippen LogP contribution in [0.5, 0.6) is 0 Å². The van der Waals surface area contributed by atoms with Gasteiger partial charge in [0, 0.05) is 0 Å². The minimum absolute atomic E-state index is 0.459. The highest BCUT2D eigenvalue weighted by Gasteiger charge is 2.08. The fourth-order valence-electron chi connectivity index (χ4n) is 0.969. The molecule has 0 fully saturated rings. The van der Waals surface area contributed by atoms with Crippen molar-refractivity contribution in [1.82, 2.24) is 0 Å². The van der Waals surface area contributed by atoms with Gasteiger partial charge in [0.05, 0.1) is 6.04 Å². The van der Waals surface area contributed by atoms with Crippen LogP contribution in [-0.2, 0) is 11.2 Å². The zero-order valence-electron chi connectivity index (χ0n) is 10.7. The molecule has 1 unspecified atom stereocenters. The van der Waals surface area contributed by atoms with E-state index in [1.165, 1.54) is 0 Å². The predicted octanol–water partition coefficient (Wildman–Crippen LogP) is 2.09. The van der Waals surface area contributed by atoms with Gasteiger partial charge in [-0.05, 0) is 12.0 Å². The first-order valence-corrected chi connectivity index (χ1v) is 5.79. The van der Waals surface area contributed by atoms with Crippen molar-refractivity contribution in [2.45, 2.75) is 40.2 Å². The van der Waals surface area contributed by atoms with Gasteiger partial charge in [0.15, 0.2) is 0 Å². The molecule has 4 N–H and O–H groups in total. The van der Waals surface area contributed by atoms with Crippen molar-refractivity contribution in [3.05, 3.63) is 35.9 Å². The third-order valence-electron chi connectivity index (χ3n) is 1.66. The lowest BCUT2D eigenvalue weighted by atomic mass is 10.1. The molecule has 0 aliphatic carbocycles. The molecule has 1 aromatic rings. The van der Waals surface area contributed by atoms with Gasteiger partial charge in [0.25, 0.3) is 0 Å². The fraction of sp³-hybridized carbons (Fsp3) is 0.462. The molecule has 0 bridgehead atoms. The molecule has 0 heterocycles. The maximum absolute atomic E-state index is 10.6. The first-order chi connectivity index (χ1) is 7.70. The Balaban J connectivity index is 0. The van der Waals surface area contributed by atoms with Crippen LogP contribution < -0.4 is 11.5 Å². The second-order valence-corrected chi connectivity index (χ2v) is 2.70. The summed E-state index contributed by atoms with van der Waals surface area (Å²) in [6.07, 6.45) is 0.510. The van der Waals surface area contributed by atoms with Gasteiger partial charge in [-0.15, -0.1) is 0 Å². The maximum atomic E-state index is 10.6. The lowest BCUT2D eigenvalue weighted by Gasteiger charge is -2.06. The van der Waals surface area contributed by atoms with Gasteiger partial charge in [-0.2, -0.15) is 0 Å². The van der Waals surface area contributed by atoms with Crippen LogP contribution in [-0.4, -0.2) is 11.9 Å². The number of rotatable bonds is 3. The van der Waals surface area contributed by atoms with Gasteiger partial charge in [-0.1, -0.05) is 58.0 Å². The molecule has 0 radical (unpaired) electrons. The smallest absolute Gasteiger partial charge is 0.234 e. The molecule has 92 valence electrons. The summed E-state index contributed by atoms with van der Waals surface area (Å²) in [6.45, 7) is 8.00. The van der Waals surface area contributed by atoms with Crippen LogP contribution in [0.4, 0.5) is 0 Å². The maximum Gasteiger partial charge on any atom is 0.234 e. The summed E-state index contributed by atoms with van der Waals surface area (Å²) in [5.74, 6) is -0.459. The normalized spacial score (nSPS) is 10.1. The molecule has 3 nitrogen and oxygen atoms in total. The Morgan fingerprint density at radius 3 is 1.94 bits per heavy atom. The Morgan fingerprint density at radius 2 is 1.56 bits per heavy atom. The van der Waals surface area contributed by atoms with Crippen molar-refractivity contribution >= 4 is 5.91 Å². The average molecular weight is 224 g/mol. The van der Waals surface area contributed by atoms with E-state index in [2.05, 4.69) is 0 Å². The summed E-state index contributed by atoms with van der Waals surface area (Å²) < 4.78 is 0. The van der Waals surface area contributed by atoms with Crippen molar-refractivity contribution in [3.63, 3.8) is 0 Å². The van der Waals surface area contributed by atoms with E-state index in [0.717, 1.165) is 5.56 Å². The molecule has 1 amide bonds. The minimum Gasteiger partial charge on any atom is -0.368 e. The zero-order valence-corrected chi connectivity index (χ0v) is 10.7. The second kappa shape index (κ2) is 11.7. The monoisotopic (exact) mass is 224 g/mol. The number of nitrogens with two attached hydrogens (primary N) is 2. The Kier molecular flexibility index (Phi) is 12.5. The first kappa shape index (κ1) is 17.1. The molecule has 0 aliphatic rings. The van der Waals surface area contributed by atoms with Crippen molar-refractivity contribution in [3.8, 4) is 0 Å². The Morgan fingerprint density at radius 1 is 1.12 bits per heavy atom. The van der Waals surface area contributed by atoms with Gasteiger partial charge < -0.3 is 11.5 Å². The molecular weight excluding hydrogens is 200 g/mol. The average Bonchev–Trinajstić information content (AvgIpc) is 2.35. The summed E-state index contributed by atoms with van der Waals surface area (Å²) >= 11 is 0. The lowest BCUT2D eigenvalue weighted by Crippen LogP contribution is -2.38. The van der Waals surface area contributed by atoms with Gasteiger partial charge in [-0.25, -0.2) is 0 Å². The summed E-state index contributed by atoms with van der Waals surface area (Å²) in [5, 5.41) is 0. The Hall–Kier alpha value is -1.35. The number of primary amides is 1. The van der Waals surface area contributed by atoms with Crippen LogP contribution in [0, 0.1) is 0 Å². The summed E-state index contributed by atoms with van der Waals surface area (Å²) in [6, 6.07) is 8.99. The van der Waals surface area contributed by atoms with Crippen molar-refractivity contribution in [1.29, 1.82) is 0 Å². The molecule has 1 atom stereocenters. The summed E-state index contributed by atoms with van der Waals surface area (Å²) in [7, 11) is 0. The second-order valence-electron chi connectivity index (χ2n) is 2.70. The van der Waals surface area contributed by atoms with Crippen LogP contribution in [0.25, 0.3) is 0 Å². The van der Waals surface area contributed by atoms with E-state index in [9.17, 15) is 4.79 Å². The number of carbonyl (C=O) groups excluding carboxylic acids is 1. The van der Waals surface area contributed by atoms with Crippen molar-refractivity contribution < 1.29 is 4.79 Å². The Labute approximate surface area is 98.8 Å². The molecule has 0 spiro atoms. The van der Waals surface area contributed by atoms with Crippen LogP contribution in [0.2, 0.25) is 0 Å². The zero-order chi connectivity index (χ0) is 13.0. The quantitative estimate of drug-likeness (QED) is 0.825. The van der Waals surface area contributed by atoms with Gasteiger partial charge >= 0.3 is 0 Å². The molecule has 0 aromatic heterocycles. The highest BCUT2D eigenvalue weighted by atomic mass is 16.1. The van der Waals surface area contributed by atoms with E-state index in [4.69, 9.17) is 11.5 Å². The van der Waals surface area contributed by atoms with Gasteiger partial charge in [-0.3, -0.25) is 4.79 Å². The SMILES string of the molecule is CC.CC.NC(=O)C(N)Cc1ccccc1. The third-order valence-corrected chi connectivity index (χ3v) is 1.66. The minimum atomic E-state index is -0.576. The van der Waals surface area contributed by atoms with Crippen LogP contribution in [0.15, 0.2) is 30.3 Å². The van der Waals surface area contributed by atoms with Crippen LogP contribution in [0.3, 0.4) is 0 Å². The van der Waals surface area contributed by atoms with Gasteiger partial charge in [0.2, 0.25) is 5.91 Å². The lowest BCUT2D eigenvalue weighted by molar-refractivity contribution is -0.119. The predicted molar refractivity (Wildman–Crippen MR) is 70.0 cm³/mol. The molecule has 1 rings (SSSR count). The molecule has 0 saturated carbocycles. The molecule has 1 aromatic carbocycles. The van der Waals surface area contributed by atoms with E-state index in [1.807, 2.05) is 58.0 Å². The molecule has 0 saturated heterocycles. The largest absolute Gasteiger partial charge is 0.368 e. The fourth-order valence-corrected chi connectivity index (χ4v) is 0.969. The number of hydrogen-bond acceptors (Lipinski definition) is 2. The van der Waals surface area contributed by atoms with E-state index in [0.29, 0.717) is 6.42 Å². The molecule has 3 heteroatoms. The summed E-state index contributed by atoms with van der Waals surface area (Å²) in [5.41, 5.74) is 11.5. The van der Waals surface area contributed by atoms with Crippen LogP contribution >= 0.6 is 0 Å². The highest BCUT2D eigenvalue weighted by Crippen LogP contribution is 2.00. The Bertz CT molecular complexity index is 260. The highest BCUT2D eigenvalue weighted by molar-refractivity contribution is 5.79. The number of amides is 1. The van der Waals surface area contributed by atoms with Crippen molar-refractivity contribution in [2.75, 3.05) is 0 Å².